The summed E-state index contributed by atoms with van der Waals surface area (Å²) in [4.78, 5) is 42.6. The van der Waals surface area contributed by atoms with Gasteiger partial charge in [0.25, 0.3) is 5.91 Å². The van der Waals surface area contributed by atoms with E-state index in [2.05, 4.69) is 10.6 Å². The molecule has 0 radical (unpaired) electrons. The maximum atomic E-state index is 13.4. The summed E-state index contributed by atoms with van der Waals surface area (Å²) in [6, 6.07) is 11.4. The van der Waals surface area contributed by atoms with Crippen molar-refractivity contribution in [2.75, 3.05) is 44.5 Å². The van der Waals surface area contributed by atoms with E-state index >= 15 is 0 Å². The molecule has 2 aliphatic rings. The first kappa shape index (κ1) is 22.7. The van der Waals surface area contributed by atoms with Gasteiger partial charge in [-0.25, -0.2) is 4.79 Å². The van der Waals surface area contributed by atoms with Gasteiger partial charge in [-0.1, -0.05) is 6.07 Å². The van der Waals surface area contributed by atoms with E-state index < -0.39 is 6.04 Å². The Balaban J connectivity index is 1.34. The van der Waals surface area contributed by atoms with Gasteiger partial charge in [-0.3, -0.25) is 9.59 Å². The van der Waals surface area contributed by atoms with E-state index in [-0.39, 0.29) is 30.9 Å². The molecule has 0 bridgehead atoms. The maximum Gasteiger partial charge on any atom is 0.321 e. The third kappa shape index (κ3) is 4.40. The molecule has 5 rings (SSSR count). The number of benzene rings is 2. The maximum absolute atomic E-state index is 13.4. The topological polar surface area (TPSA) is 100 Å². The predicted octanol–water partition coefficient (Wildman–Crippen LogP) is 3.74. The number of methoxy groups -OCH3 is 2. The molecule has 10 heteroatoms. The lowest BCUT2D eigenvalue weighted by Gasteiger charge is -2.39. The number of carbonyl (C=O) groups is 3. The molecule has 0 aliphatic carbocycles. The van der Waals surface area contributed by atoms with Gasteiger partial charge >= 0.3 is 6.03 Å². The fraction of sp³-hybridized carbons (Fsp3) is 0.240. The molecule has 1 saturated heterocycles. The van der Waals surface area contributed by atoms with E-state index in [9.17, 15) is 14.4 Å². The lowest BCUT2D eigenvalue weighted by molar-refractivity contribution is -0.121. The molecule has 35 heavy (non-hydrogen) atoms. The zero-order valence-electron chi connectivity index (χ0n) is 19.2. The zero-order valence-corrected chi connectivity index (χ0v) is 20.1. The highest BCUT2D eigenvalue weighted by Gasteiger charge is 2.40. The van der Waals surface area contributed by atoms with E-state index in [0.717, 1.165) is 11.1 Å². The number of thiophene rings is 1. The number of anilines is 2. The highest BCUT2D eigenvalue weighted by atomic mass is 32.1. The molecule has 4 amide bonds. The van der Waals surface area contributed by atoms with E-state index in [4.69, 9.17) is 9.47 Å². The van der Waals surface area contributed by atoms with Crippen molar-refractivity contribution in [1.29, 1.82) is 0 Å². The molecule has 2 aliphatic heterocycles. The van der Waals surface area contributed by atoms with Crippen molar-refractivity contribution in [3.63, 3.8) is 0 Å². The minimum absolute atomic E-state index is 0.0793. The summed E-state index contributed by atoms with van der Waals surface area (Å²) in [5.74, 6) is 0.537. The SMILES string of the molecule is COc1cc(NC(=O)N2CCN3C(=O)c4cc(-c5ccsc5)ccc4NC(=O)C3C2)cc(OC)c1. The van der Waals surface area contributed by atoms with Gasteiger partial charge in [-0.2, -0.15) is 11.3 Å². The van der Waals surface area contributed by atoms with Crippen LogP contribution >= 0.6 is 11.3 Å². The van der Waals surface area contributed by atoms with Crippen molar-refractivity contribution >= 4 is 40.6 Å². The third-order valence-corrected chi connectivity index (χ3v) is 6.88. The van der Waals surface area contributed by atoms with Crippen LogP contribution in [0.15, 0.2) is 53.2 Å². The number of nitrogens with one attached hydrogen (secondary N) is 2. The van der Waals surface area contributed by atoms with Gasteiger partial charge in [0.2, 0.25) is 5.91 Å². The Morgan fingerprint density at radius 3 is 2.49 bits per heavy atom. The second-order valence-corrected chi connectivity index (χ2v) is 9.03. The first-order chi connectivity index (χ1) is 17.0. The standard InChI is InChI=1S/C25H24N4O5S/c1-33-18-10-17(11-19(12-18)34-2)26-25(32)28-6-7-29-22(13-28)23(30)27-21-4-3-15(9-20(21)24(29)31)16-5-8-35-14-16/h3-5,8-12,14,22H,6-7,13H2,1-2H3,(H,26,32)(H,27,30). The van der Waals surface area contributed by atoms with Crippen molar-refractivity contribution in [3.05, 3.63) is 58.8 Å². The highest BCUT2D eigenvalue weighted by Crippen LogP contribution is 2.31. The van der Waals surface area contributed by atoms with Crippen LogP contribution in [-0.4, -0.2) is 67.5 Å². The Labute approximate surface area is 206 Å². The fourth-order valence-corrected chi connectivity index (χ4v) is 4.99. The minimum atomic E-state index is -0.793. The first-order valence-corrected chi connectivity index (χ1v) is 12.0. The average Bonchev–Trinajstić information content (AvgIpc) is 3.40. The van der Waals surface area contributed by atoms with Crippen molar-refractivity contribution in [3.8, 4) is 22.6 Å². The number of piperazine rings is 1. The van der Waals surface area contributed by atoms with Crippen molar-refractivity contribution in [2.24, 2.45) is 0 Å². The Morgan fingerprint density at radius 1 is 1.03 bits per heavy atom. The van der Waals surface area contributed by atoms with Crippen LogP contribution in [0.1, 0.15) is 10.4 Å². The van der Waals surface area contributed by atoms with Crippen LogP contribution in [0.5, 0.6) is 11.5 Å². The van der Waals surface area contributed by atoms with Crippen LogP contribution < -0.4 is 20.1 Å². The molecule has 2 N–H and O–H groups in total. The van der Waals surface area contributed by atoms with Gasteiger partial charge in [-0.05, 0) is 40.1 Å². The van der Waals surface area contributed by atoms with Gasteiger partial charge in [-0.15, -0.1) is 0 Å². The molecular formula is C25H24N4O5S. The predicted molar refractivity (Wildman–Crippen MR) is 133 cm³/mol. The molecule has 180 valence electrons. The summed E-state index contributed by atoms with van der Waals surface area (Å²) in [5, 5.41) is 9.70. The van der Waals surface area contributed by atoms with Crippen molar-refractivity contribution < 1.29 is 23.9 Å². The quantitative estimate of drug-likeness (QED) is 0.578. The van der Waals surface area contributed by atoms with Crippen LogP contribution in [0, 0.1) is 0 Å². The smallest absolute Gasteiger partial charge is 0.321 e. The van der Waals surface area contributed by atoms with Gasteiger partial charge in [0.15, 0.2) is 0 Å². The highest BCUT2D eigenvalue weighted by molar-refractivity contribution is 7.08. The monoisotopic (exact) mass is 492 g/mol. The number of nitrogens with zero attached hydrogens (tertiary/aromatic N) is 2. The molecule has 0 spiro atoms. The molecule has 3 heterocycles. The summed E-state index contributed by atoms with van der Waals surface area (Å²) < 4.78 is 10.5. The fourth-order valence-electron chi connectivity index (χ4n) is 4.33. The van der Waals surface area contributed by atoms with Crippen molar-refractivity contribution in [2.45, 2.75) is 6.04 Å². The largest absolute Gasteiger partial charge is 0.497 e. The van der Waals surface area contributed by atoms with Crippen LogP contribution in [0.4, 0.5) is 16.2 Å². The van der Waals surface area contributed by atoms with Crippen LogP contribution in [0.2, 0.25) is 0 Å². The lowest BCUT2D eigenvalue weighted by atomic mass is 10.0. The number of hydrogen-bond acceptors (Lipinski definition) is 6. The zero-order chi connectivity index (χ0) is 24.5. The molecule has 1 aromatic heterocycles. The van der Waals surface area contributed by atoms with Gasteiger partial charge in [0.1, 0.15) is 17.5 Å². The Hall–Kier alpha value is -4.05. The summed E-state index contributed by atoms with van der Waals surface area (Å²) in [6.07, 6.45) is 0. The minimum Gasteiger partial charge on any atom is -0.497 e. The third-order valence-electron chi connectivity index (χ3n) is 6.20. The molecule has 3 aromatic rings. The summed E-state index contributed by atoms with van der Waals surface area (Å²) >= 11 is 1.58. The normalized spacial score (nSPS) is 17.1. The number of amides is 4. The number of hydrogen-bond donors (Lipinski definition) is 2. The number of carbonyl (C=O) groups excluding carboxylic acids is 3. The Morgan fingerprint density at radius 2 is 1.80 bits per heavy atom. The molecular weight excluding hydrogens is 468 g/mol. The first-order valence-electron chi connectivity index (χ1n) is 11.0. The summed E-state index contributed by atoms with van der Waals surface area (Å²) in [7, 11) is 3.06. The summed E-state index contributed by atoms with van der Waals surface area (Å²) in [5.41, 5.74) is 3.37. The van der Waals surface area contributed by atoms with Gasteiger partial charge < -0.3 is 29.9 Å². The van der Waals surface area contributed by atoms with Gasteiger partial charge in [0, 0.05) is 37.0 Å². The number of rotatable bonds is 4. The molecule has 2 aromatic carbocycles. The Bertz CT molecular complexity index is 1270. The van der Waals surface area contributed by atoms with E-state index in [1.54, 1.807) is 40.5 Å². The number of urea groups is 1. The Kier molecular flexibility index (Phi) is 6.04. The van der Waals surface area contributed by atoms with Crippen molar-refractivity contribution in [1.82, 2.24) is 9.80 Å². The molecule has 0 saturated carbocycles. The molecule has 1 fully saturated rings. The van der Waals surface area contributed by atoms with E-state index in [1.165, 1.54) is 19.1 Å². The second kappa shape index (κ2) is 9.30. The molecule has 9 nitrogen and oxygen atoms in total. The van der Waals surface area contributed by atoms with Gasteiger partial charge in [0.05, 0.1) is 32.0 Å². The number of ether oxygens (including phenoxy) is 2. The average molecular weight is 493 g/mol. The number of fused-ring (bicyclic) bond motifs is 2. The van der Waals surface area contributed by atoms with Crippen LogP contribution in [-0.2, 0) is 4.79 Å². The van der Waals surface area contributed by atoms with Crippen LogP contribution in [0.25, 0.3) is 11.1 Å². The summed E-state index contributed by atoms with van der Waals surface area (Å²) in [6.45, 7) is 0.617. The lowest BCUT2D eigenvalue weighted by Crippen LogP contribution is -2.60. The molecule has 1 unspecified atom stereocenters. The van der Waals surface area contributed by atoms with E-state index in [1.807, 2.05) is 29.0 Å². The van der Waals surface area contributed by atoms with E-state index in [0.29, 0.717) is 35.0 Å². The molecule has 1 atom stereocenters. The van der Waals surface area contributed by atoms with Crippen LogP contribution in [0.3, 0.4) is 0 Å². The second-order valence-electron chi connectivity index (χ2n) is 8.25.